The molecule has 1 aromatic rings. The summed E-state index contributed by atoms with van der Waals surface area (Å²) in [5.41, 5.74) is 2.65. The zero-order chi connectivity index (χ0) is 29.4. The Morgan fingerprint density at radius 2 is 0.976 bits per heavy atom. The number of nitrogens with one attached hydrogen (secondary N) is 6. The summed E-state index contributed by atoms with van der Waals surface area (Å²) in [6.45, 7) is 21.6. The molecule has 0 amide bonds. The molecule has 0 saturated heterocycles. The lowest BCUT2D eigenvalue weighted by molar-refractivity contribution is 0.154. The van der Waals surface area contributed by atoms with E-state index in [4.69, 9.17) is 4.74 Å². The van der Waals surface area contributed by atoms with Gasteiger partial charge in [-0.05, 0) is 152 Å². The molecular weight excluding hydrogens is 508 g/mol. The van der Waals surface area contributed by atoms with E-state index in [2.05, 4.69) is 77.8 Å². The zero-order valence-corrected chi connectivity index (χ0v) is 27.2. The van der Waals surface area contributed by atoms with Crippen molar-refractivity contribution in [3.05, 3.63) is 29.3 Å². The van der Waals surface area contributed by atoms with Crippen LogP contribution in [0.3, 0.4) is 0 Å². The predicted octanol–water partition coefficient (Wildman–Crippen LogP) is 4.81. The molecule has 0 atom stereocenters. The van der Waals surface area contributed by atoms with Crippen molar-refractivity contribution in [3.63, 3.8) is 0 Å². The van der Waals surface area contributed by atoms with Gasteiger partial charge in [0.2, 0.25) is 0 Å². The van der Waals surface area contributed by atoms with E-state index in [0.29, 0.717) is 6.10 Å². The van der Waals surface area contributed by atoms with Gasteiger partial charge in [-0.2, -0.15) is 0 Å². The van der Waals surface area contributed by atoms with Crippen molar-refractivity contribution < 1.29 is 4.74 Å². The second-order valence-corrected chi connectivity index (χ2v) is 12.8. The van der Waals surface area contributed by atoms with Crippen molar-refractivity contribution in [2.24, 2.45) is 11.8 Å². The monoisotopic (exact) mass is 575 g/mol. The normalized spacial score (nSPS) is 14.4. The largest absolute Gasteiger partial charge is 0.490 e. The fourth-order valence-electron chi connectivity index (χ4n) is 5.23. The van der Waals surface area contributed by atoms with E-state index in [-0.39, 0.29) is 0 Å². The number of hydrogen-bond acceptors (Lipinski definition) is 7. The van der Waals surface area contributed by atoms with Gasteiger partial charge in [-0.25, -0.2) is 0 Å². The minimum absolute atomic E-state index is 0.381. The maximum atomic E-state index is 6.48. The molecule has 2 rings (SSSR count). The molecule has 0 aromatic heterocycles. The maximum Gasteiger partial charge on any atom is 0.120 e. The van der Waals surface area contributed by atoms with Crippen molar-refractivity contribution in [2.45, 2.75) is 105 Å². The van der Waals surface area contributed by atoms with Crippen LogP contribution in [0, 0.1) is 11.8 Å². The van der Waals surface area contributed by atoms with E-state index >= 15 is 0 Å². The highest BCUT2D eigenvalue weighted by atomic mass is 16.5. The highest BCUT2D eigenvalue weighted by Gasteiger charge is 2.15. The Bertz CT molecular complexity index is 690. The fraction of sp³-hybridized carbons (Fsp3) is 0.824. The zero-order valence-electron chi connectivity index (χ0n) is 27.2. The van der Waals surface area contributed by atoms with Gasteiger partial charge in [-0.15, -0.1) is 0 Å². The Morgan fingerprint density at radius 1 is 0.561 bits per heavy atom. The molecule has 1 aromatic carbocycles. The van der Waals surface area contributed by atoms with E-state index in [9.17, 15) is 0 Å². The summed E-state index contributed by atoms with van der Waals surface area (Å²) in [6.07, 6.45) is 11.4. The molecule has 0 unspecified atom stereocenters. The van der Waals surface area contributed by atoms with E-state index < -0.39 is 0 Å². The van der Waals surface area contributed by atoms with Crippen LogP contribution in [0.4, 0.5) is 0 Å². The Balaban J connectivity index is 1.64. The van der Waals surface area contributed by atoms with Gasteiger partial charge in [-0.3, -0.25) is 0 Å². The van der Waals surface area contributed by atoms with Gasteiger partial charge in [0.25, 0.3) is 0 Å². The molecule has 7 heteroatoms. The lowest BCUT2D eigenvalue weighted by Gasteiger charge is -2.24. The van der Waals surface area contributed by atoms with Crippen LogP contribution in [-0.2, 0) is 13.1 Å². The molecule has 41 heavy (non-hydrogen) atoms. The molecule has 1 aliphatic rings. The first-order valence-corrected chi connectivity index (χ1v) is 17.1. The smallest absolute Gasteiger partial charge is 0.120 e. The summed E-state index contributed by atoms with van der Waals surface area (Å²) in [7, 11) is 0. The maximum absolute atomic E-state index is 6.48. The molecule has 0 heterocycles. The van der Waals surface area contributed by atoms with Gasteiger partial charge in [0.1, 0.15) is 5.75 Å². The third kappa shape index (κ3) is 20.3. The Morgan fingerprint density at radius 3 is 1.41 bits per heavy atom. The number of benzene rings is 1. The molecule has 6 N–H and O–H groups in total. The highest BCUT2D eigenvalue weighted by Crippen LogP contribution is 2.25. The van der Waals surface area contributed by atoms with E-state index in [1.165, 1.54) is 56.1 Å². The summed E-state index contributed by atoms with van der Waals surface area (Å²) in [5.74, 6) is 2.50. The summed E-state index contributed by atoms with van der Waals surface area (Å²) >= 11 is 0. The second-order valence-electron chi connectivity index (χ2n) is 12.8. The van der Waals surface area contributed by atoms with Gasteiger partial charge < -0.3 is 36.6 Å². The lowest BCUT2D eigenvalue weighted by atomic mass is 9.97. The molecule has 0 radical (unpaired) electrons. The first-order valence-electron chi connectivity index (χ1n) is 17.1. The minimum atomic E-state index is 0.381. The predicted molar refractivity (Wildman–Crippen MR) is 177 cm³/mol. The molecule has 1 fully saturated rings. The van der Waals surface area contributed by atoms with Gasteiger partial charge in [0, 0.05) is 13.1 Å². The van der Waals surface area contributed by atoms with Gasteiger partial charge in [-0.1, -0.05) is 40.2 Å². The van der Waals surface area contributed by atoms with Crippen molar-refractivity contribution in [3.8, 4) is 5.75 Å². The lowest BCUT2D eigenvalue weighted by Crippen LogP contribution is -2.26. The van der Waals surface area contributed by atoms with Crippen LogP contribution in [0.25, 0.3) is 0 Å². The van der Waals surface area contributed by atoms with Crippen LogP contribution in [0.1, 0.15) is 96.6 Å². The Kier molecular flexibility index (Phi) is 21.3. The first-order chi connectivity index (χ1) is 20.0. The summed E-state index contributed by atoms with van der Waals surface area (Å²) in [6, 6.07) is 6.86. The Hall–Kier alpha value is -1.22. The third-order valence-corrected chi connectivity index (χ3v) is 7.47. The van der Waals surface area contributed by atoms with Crippen molar-refractivity contribution in [1.29, 1.82) is 0 Å². The van der Waals surface area contributed by atoms with Crippen LogP contribution in [0.15, 0.2) is 18.2 Å². The average Bonchev–Trinajstić information content (AvgIpc) is 2.95. The molecule has 7 nitrogen and oxygen atoms in total. The number of hydrogen-bond donors (Lipinski definition) is 6. The van der Waals surface area contributed by atoms with Gasteiger partial charge in [0.05, 0.1) is 6.10 Å². The molecule has 1 saturated carbocycles. The fourth-order valence-corrected chi connectivity index (χ4v) is 5.23. The summed E-state index contributed by atoms with van der Waals surface area (Å²) in [4.78, 5) is 0. The Labute approximate surface area is 253 Å². The van der Waals surface area contributed by atoms with Crippen LogP contribution in [-0.4, -0.2) is 71.6 Å². The summed E-state index contributed by atoms with van der Waals surface area (Å²) < 4.78 is 6.48. The van der Waals surface area contributed by atoms with Crippen molar-refractivity contribution >= 4 is 0 Å². The topological polar surface area (TPSA) is 81.4 Å². The number of ether oxygens (including phenoxy) is 1. The molecule has 0 spiro atoms. The average molecular weight is 575 g/mol. The van der Waals surface area contributed by atoms with Gasteiger partial charge >= 0.3 is 0 Å². The molecule has 0 bridgehead atoms. The minimum Gasteiger partial charge on any atom is -0.490 e. The van der Waals surface area contributed by atoms with Gasteiger partial charge in [0.15, 0.2) is 0 Å². The van der Waals surface area contributed by atoms with Crippen LogP contribution >= 0.6 is 0 Å². The SMILES string of the molecule is CC(C)CNCCCNCCCNCc1cc(CNCCCNCCCNCC(C)C)cc(OC2CCCCC2)c1. The third-order valence-electron chi connectivity index (χ3n) is 7.47. The quantitative estimate of drug-likeness (QED) is 0.0887. The second kappa shape index (κ2) is 24.2. The highest BCUT2D eigenvalue weighted by molar-refractivity contribution is 5.35. The van der Waals surface area contributed by atoms with E-state index in [1.807, 2.05) is 0 Å². The van der Waals surface area contributed by atoms with E-state index in [1.54, 1.807) is 0 Å². The van der Waals surface area contributed by atoms with E-state index in [0.717, 1.165) is 109 Å². The molecule has 1 aliphatic carbocycles. The van der Waals surface area contributed by atoms with Crippen LogP contribution in [0.5, 0.6) is 5.75 Å². The van der Waals surface area contributed by atoms with Crippen LogP contribution in [0.2, 0.25) is 0 Å². The molecule has 238 valence electrons. The van der Waals surface area contributed by atoms with Crippen molar-refractivity contribution in [1.82, 2.24) is 31.9 Å². The summed E-state index contributed by atoms with van der Waals surface area (Å²) in [5, 5.41) is 21.5. The number of rotatable bonds is 26. The molecule has 0 aliphatic heterocycles. The van der Waals surface area contributed by atoms with Crippen LogP contribution < -0.4 is 36.6 Å². The molecular formula is C34H66N6O. The first kappa shape index (κ1) is 36.0. The standard InChI is InChI=1S/C34H66N6O/c1-29(2)25-37-18-8-14-35-16-10-20-39-27-31-22-32(24-34(23-31)41-33-12-6-5-7-13-33)28-40-21-11-17-36-15-9-19-38-26-30(3)4/h22-24,29-30,33,35-40H,5-21,25-28H2,1-4H3. The van der Waals surface area contributed by atoms with Crippen molar-refractivity contribution in [2.75, 3.05) is 65.4 Å².